The molecule has 1 unspecified atom stereocenters. The molecule has 0 saturated heterocycles. The number of hydrogen-bond donors (Lipinski definition) is 3. The molecule has 0 bridgehead atoms. The maximum absolute atomic E-state index is 12.9. The summed E-state index contributed by atoms with van der Waals surface area (Å²) in [5.41, 5.74) is 7.39. The van der Waals surface area contributed by atoms with Crippen LogP contribution < -0.4 is 16.4 Å². The Bertz CT molecular complexity index is 1000. The van der Waals surface area contributed by atoms with Crippen molar-refractivity contribution in [2.75, 3.05) is 5.32 Å². The minimum absolute atomic E-state index is 0.288. The third-order valence-corrected chi connectivity index (χ3v) is 4.36. The second-order valence-corrected chi connectivity index (χ2v) is 6.52. The van der Waals surface area contributed by atoms with Crippen LogP contribution in [0.2, 0.25) is 0 Å². The number of nitrogens with one attached hydrogen (secondary N) is 2. The lowest BCUT2D eigenvalue weighted by Crippen LogP contribution is -2.45. The summed E-state index contributed by atoms with van der Waals surface area (Å²) < 4.78 is 0. The van der Waals surface area contributed by atoms with Gasteiger partial charge in [-0.15, -0.1) is 0 Å². The molecule has 0 radical (unpaired) electrons. The fourth-order valence-corrected chi connectivity index (χ4v) is 2.87. The van der Waals surface area contributed by atoms with Gasteiger partial charge in [0.25, 0.3) is 5.91 Å². The molecular weight excluding hydrogens is 366 g/mol. The molecular formula is C23H21N3O3. The van der Waals surface area contributed by atoms with Crippen LogP contribution in [0.1, 0.15) is 26.3 Å². The van der Waals surface area contributed by atoms with Crippen LogP contribution in [0.4, 0.5) is 5.69 Å². The minimum atomic E-state index is -0.803. The average molecular weight is 387 g/mol. The molecule has 0 spiro atoms. The van der Waals surface area contributed by atoms with Crippen molar-refractivity contribution in [1.82, 2.24) is 5.32 Å². The first-order valence-electron chi connectivity index (χ1n) is 9.13. The predicted octanol–water partition coefficient (Wildman–Crippen LogP) is 2.77. The molecule has 0 fully saturated rings. The van der Waals surface area contributed by atoms with Crippen LogP contribution in [0.5, 0.6) is 0 Å². The number of benzene rings is 3. The van der Waals surface area contributed by atoms with Crippen molar-refractivity contribution in [1.29, 1.82) is 0 Å². The van der Waals surface area contributed by atoms with Crippen LogP contribution >= 0.6 is 0 Å². The first kappa shape index (κ1) is 19.8. The highest BCUT2D eigenvalue weighted by molar-refractivity contribution is 6.02. The summed E-state index contributed by atoms with van der Waals surface area (Å²) in [6, 6.07) is 23.7. The van der Waals surface area contributed by atoms with Crippen molar-refractivity contribution in [3.05, 3.63) is 102 Å². The lowest BCUT2D eigenvalue weighted by molar-refractivity contribution is -0.118. The predicted molar refractivity (Wildman–Crippen MR) is 111 cm³/mol. The van der Waals surface area contributed by atoms with Gasteiger partial charge in [-0.25, -0.2) is 0 Å². The SMILES string of the molecule is NC(=O)c1cccc(NC(=O)C(Cc2ccccc2)NC(=O)c2ccccc2)c1. The molecule has 146 valence electrons. The number of carbonyl (C=O) groups excluding carboxylic acids is 3. The van der Waals surface area contributed by atoms with Crippen LogP contribution in [-0.4, -0.2) is 23.8 Å². The van der Waals surface area contributed by atoms with E-state index in [-0.39, 0.29) is 17.4 Å². The standard InChI is InChI=1S/C23H21N3O3/c24-21(27)18-12-7-13-19(15-18)25-23(29)20(14-16-8-3-1-4-9-16)26-22(28)17-10-5-2-6-11-17/h1-13,15,20H,14H2,(H2,24,27)(H,25,29)(H,26,28). The molecule has 3 amide bonds. The van der Waals surface area contributed by atoms with Crippen LogP contribution in [0.3, 0.4) is 0 Å². The second kappa shape index (κ2) is 9.32. The first-order valence-corrected chi connectivity index (χ1v) is 9.13. The van der Waals surface area contributed by atoms with Gasteiger partial charge >= 0.3 is 0 Å². The zero-order valence-corrected chi connectivity index (χ0v) is 15.7. The van der Waals surface area contributed by atoms with E-state index in [1.807, 2.05) is 36.4 Å². The van der Waals surface area contributed by atoms with Gasteiger partial charge in [0.1, 0.15) is 6.04 Å². The van der Waals surface area contributed by atoms with Crippen LogP contribution in [0.25, 0.3) is 0 Å². The number of carbonyl (C=O) groups is 3. The number of primary amides is 1. The molecule has 0 heterocycles. The number of hydrogen-bond acceptors (Lipinski definition) is 3. The van der Waals surface area contributed by atoms with E-state index in [1.54, 1.807) is 42.5 Å². The molecule has 6 heteroatoms. The quantitative estimate of drug-likeness (QED) is 0.581. The Morgan fingerprint density at radius 1 is 0.793 bits per heavy atom. The fraction of sp³-hybridized carbons (Fsp3) is 0.0870. The highest BCUT2D eigenvalue weighted by Crippen LogP contribution is 2.12. The molecule has 1 atom stereocenters. The van der Waals surface area contributed by atoms with E-state index in [4.69, 9.17) is 5.73 Å². The molecule has 0 aromatic heterocycles. The lowest BCUT2D eigenvalue weighted by atomic mass is 10.0. The van der Waals surface area contributed by atoms with Gasteiger partial charge in [-0.3, -0.25) is 14.4 Å². The number of nitrogens with two attached hydrogens (primary N) is 1. The summed E-state index contributed by atoms with van der Waals surface area (Å²) in [5, 5.41) is 5.55. The summed E-state index contributed by atoms with van der Waals surface area (Å²) in [5.74, 6) is -1.31. The molecule has 3 aromatic rings. The molecule has 29 heavy (non-hydrogen) atoms. The number of anilines is 1. The summed E-state index contributed by atoms with van der Waals surface area (Å²) in [6.45, 7) is 0. The van der Waals surface area contributed by atoms with Gasteiger partial charge in [0.05, 0.1) is 0 Å². The largest absolute Gasteiger partial charge is 0.366 e. The lowest BCUT2D eigenvalue weighted by Gasteiger charge is -2.19. The molecule has 3 rings (SSSR count). The Hall–Kier alpha value is -3.93. The summed E-state index contributed by atoms with van der Waals surface area (Å²) in [7, 11) is 0. The van der Waals surface area contributed by atoms with Gasteiger partial charge in [-0.1, -0.05) is 54.6 Å². The number of amides is 3. The van der Waals surface area contributed by atoms with Gasteiger partial charge in [0.15, 0.2) is 0 Å². The van der Waals surface area contributed by atoms with Crippen molar-refractivity contribution < 1.29 is 14.4 Å². The van der Waals surface area contributed by atoms with Crippen molar-refractivity contribution in [3.8, 4) is 0 Å². The van der Waals surface area contributed by atoms with E-state index in [0.717, 1.165) is 5.56 Å². The van der Waals surface area contributed by atoms with E-state index >= 15 is 0 Å². The maximum Gasteiger partial charge on any atom is 0.251 e. The molecule has 0 aliphatic rings. The summed E-state index contributed by atoms with van der Waals surface area (Å²) in [4.78, 5) is 36.9. The van der Waals surface area contributed by atoms with Crippen molar-refractivity contribution >= 4 is 23.4 Å². The minimum Gasteiger partial charge on any atom is -0.366 e. The smallest absolute Gasteiger partial charge is 0.251 e. The highest BCUT2D eigenvalue weighted by atomic mass is 16.2. The van der Waals surface area contributed by atoms with Crippen LogP contribution in [0.15, 0.2) is 84.9 Å². The van der Waals surface area contributed by atoms with Gasteiger partial charge in [-0.2, -0.15) is 0 Å². The number of rotatable bonds is 7. The highest BCUT2D eigenvalue weighted by Gasteiger charge is 2.22. The fourth-order valence-electron chi connectivity index (χ4n) is 2.87. The zero-order chi connectivity index (χ0) is 20.6. The monoisotopic (exact) mass is 387 g/mol. The summed E-state index contributed by atoms with van der Waals surface area (Å²) >= 11 is 0. The molecule has 0 aliphatic carbocycles. The first-order chi connectivity index (χ1) is 14.0. The Balaban J connectivity index is 1.79. The Labute approximate surface area is 168 Å². The van der Waals surface area contributed by atoms with Gasteiger partial charge in [-0.05, 0) is 35.9 Å². The summed E-state index contributed by atoms with van der Waals surface area (Å²) in [6.07, 6.45) is 0.320. The van der Waals surface area contributed by atoms with E-state index in [9.17, 15) is 14.4 Å². The molecule has 3 aromatic carbocycles. The van der Waals surface area contributed by atoms with Crippen molar-refractivity contribution in [2.45, 2.75) is 12.5 Å². The van der Waals surface area contributed by atoms with Gasteiger partial charge in [0.2, 0.25) is 11.8 Å². The van der Waals surface area contributed by atoms with E-state index in [1.165, 1.54) is 6.07 Å². The topological polar surface area (TPSA) is 101 Å². The average Bonchev–Trinajstić information content (AvgIpc) is 2.74. The third kappa shape index (κ3) is 5.52. The molecule has 0 aliphatic heterocycles. The van der Waals surface area contributed by atoms with Gasteiger partial charge in [0, 0.05) is 23.2 Å². The van der Waals surface area contributed by atoms with E-state index in [0.29, 0.717) is 17.7 Å². The maximum atomic E-state index is 12.9. The zero-order valence-electron chi connectivity index (χ0n) is 15.7. The van der Waals surface area contributed by atoms with Crippen LogP contribution in [0, 0.1) is 0 Å². The normalized spacial score (nSPS) is 11.3. The van der Waals surface area contributed by atoms with Gasteiger partial charge < -0.3 is 16.4 Å². The van der Waals surface area contributed by atoms with Crippen LogP contribution in [-0.2, 0) is 11.2 Å². The second-order valence-electron chi connectivity index (χ2n) is 6.52. The molecule has 4 N–H and O–H groups in total. The van der Waals surface area contributed by atoms with E-state index in [2.05, 4.69) is 10.6 Å². The Morgan fingerprint density at radius 2 is 1.41 bits per heavy atom. The Morgan fingerprint density at radius 3 is 2.07 bits per heavy atom. The Kier molecular flexibility index (Phi) is 6.37. The van der Waals surface area contributed by atoms with Crippen molar-refractivity contribution in [3.63, 3.8) is 0 Å². The molecule has 6 nitrogen and oxygen atoms in total. The third-order valence-electron chi connectivity index (χ3n) is 4.36. The molecule has 0 saturated carbocycles. The van der Waals surface area contributed by atoms with E-state index < -0.39 is 11.9 Å². The van der Waals surface area contributed by atoms with Crippen molar-refractivity contribution in [2.24, 2.45) is 5.73 Å².